The molecule has 0 amide bonds. The number of nitrogens with zero attached hydrogens (tertiary/aromatic N) is 2. The maximum absolute atomic E-state index is 9.86. The maximum atomic E-state index is 9.86. The lowest BCUT2D eigenvalue weighted by Crippen LogP contribution is -2.06. The van der Waals surface area contributed by atoms with Gasteiger partial charge in [0.25, 0.3) is 0 Å². The van der Waals surface area contributed by atoms with Crippen LogP contribution in [0.2, 0.25) is 0 Å². The normalized spacial score (nSPS) is 8.38. The van der Waals surface area contributed by atoms with Crippen LogP contribution in [0.5, 0.6) is 0 Å². The zero-order chi connectivity index (χ0) is 14.8. The summed E-state index contributed by atoms with van der Waals surface area (Å²) in [4.78, 5) is 19.7. The molecule has 0 heterocycles. The maximum Gasteiger partial charge on any atom is 0.162 e. The summed E-state index contributed by atoms with van der Waals surface area (Å²) in [5.41, 5.74) is 5.04. The molecule has 9 nitrogen and oxygen atoms in total. The zero-order valence-electron chi connectivity index (χ0n) is 10.8. The number of hydrazine groups is 2. The highest BCUT2D eigenvalue weighted by Crippen LogP contribution is 2.03. The van der Waals surface area contributed by atoms with Crippen LogP contribution in [0, 0.1) is 20.2 Å². The van der Waals surface area contributed by atoms with E-state index in [9.17, 15) is 20.2 Å². The molecule has 0 aliphatic heterocycles. The summed E-state index contributed by atoms with van der Waals surface area (Å²) in [5.74, 6) is 0. The largest absolute Gasteiger partial charge is 0.412 e. The second-order valence-electron chi connectivity index (χ2n) is 3.47. The van der Waals surface area contributed by atoms with Crippen molar-refractivity contribution in [3.8, 4) is 0 Å². The summed E-state index contributed by atoms with van der Waals surface area (Å²) >= 11 is 0. The van der Waals surface area contributed by atoms with Gasteiger partial charge in [0.15, 0.2) is 10.1 Å². The van der Waals surface area contributed by atoms with Crippen molar-refractivity contribution in [3.63, 3.8) is 0 Å². The molecular formula is C12H14N4O5. The Morgan fingerprint density at radius 3 is 1.19 bits per heavy atom. The fraction of sp³-hybridized carbons (Fsp3) is 0. The second-order valence-corrected chi connectivity index (χ2v) is 3.47. The van der Waals surface area contributed by atoms with Crippen molar-refractivity contribution in [2.75, 3.05) is 10.9 Å². The van der Waals surface area contributed by atoms with Crippen molar-refractivity contribution in [1.29, 1.82) is 0 Å². The molecule has 0 bridgehead atoms. The van der Waals surface area contributed by atoms with E-state index in [4.69, 9.17) is 0 Å². The predicted octanol–water partition coefficient (Wildman–Crippen LogP) is 1.76. The smallest absolute Gasteiger partial charge is 0.162 e. The van der Waals surface area contributed by atoms with Crippen molar-refractivity contribution >= 4 is 11.4 Å². The monoisotopic (exact) mass is 294 g/mol. The lowest BCUT2D eigenvalue weighted by Gasteiger charge is -1.93. The average Bonchev–Trinajstić information content (AvgIpc) is 2.40. The molecule has 2 aromatic rings. The fourth-order valence-corrected chi connectivity index (χ4v) is 1.24. The van der Waals surface area contributed by atoms with Crippen molar-refractivity contribution < 1.29 is 15.5 Å². The van der Waals surface area contributed by atoms with Crippen LogP contribution in [0.25, 0.3) is 0 Å². The van der Waals surface area contributed by atoms with Gasteiger partial charge < -0.3 is 5.48 Å². The molecule has 0 fully saturated rings. The number of benzene rings is 2. The third kappa shape index (κ3) is 8.51. The number of hydrogen-bond donors (Lipinski definition) is 2. The van der Waals surface area contributed by atoms with Gasteiger partial charge in [-0.1, -0.05) is 36.4 Å². The van der Waals surface area contributed by atoms with E-state index < -0.39 is 10.1 Å². The van der Waals surface area contributed by atoms with Gasteiger partial charge >= 0.3 is 0 Å². The molecule has 2 rings (SSSR count). The molecular weight excluding hydrogens is 280 g/mol. The van der Waals surface area contributed by atoms with E-state index in [0.717, 1.165) is 0 Å². The minimum Gasteiger partial charge on any atom is -0.412 e. The van der Waals surface area contributed by atoms with Gasteiger partial charge in [-0.15, -0.1) is 10.9 Å². The Hall–Kier alpha value is -3.20. The van der Waals surface area contributed by atoms with Crippen LogP contribution in [0.3, 0.4) is 0 Å². The standard InChI is InChI=1S/2C6H6N2O2.H2O/c2*9-8(10)7-6-4-2-1-3-5-6;/h2*1-5,7H;1H2. The van der Waals surface area contributed by atoms with Gasteiger partial charge in [-0.25, -0.2) is 20.2 Å². The molecule has 112 valence electrons. The number of para-hydroxylation sites is 2. The van der Waals surface area contributed by atoms with Gasteiger partial charge in [0.2, 0.25) is 0 Å². The SMILES string of the molecule is O.O=[N+]([O-])Nc1ccccc1.O=[N+]([O-])Nc1ccccc1. The Morgan fingerprint density at radius 1 is 0.667 bits per heavy atom. The topological polar surface area (TPSA) is 142 Å². The number of nitrogens with one attached hydrogen (secondary N) is 2. The molecule has 9 heteroatoms. The van der Waals surface area contributed by atoms with Gasteiger partial charge in [-0.05, 0) is 24.3 Å². The van der Waals surface area contributed by atoms with Crippen LogP contribution < -0.4 is 10.9 Å². The van der Waals surface area contributed by atoms with Crippen LogP contribution in [0.15, 0.2) is 60.7 Å². The molecule has 0 spiro atoms. The van der Waals surface area contributed by atoms with Crippen molar-refractivity contribution in [1.82, 2.24) is 0 Å². The van der Waals surface area contributed by atoms with Gasteiger partial charge in [0.05, 0.1) is 0 Å². The van der Waals surface area contributed by atoms with E-state index in [1.165, 1.54) is 0 Å². The Labute approximate surface area is 119 Å². The lowest BCUT2D eigenvalue weighted by atomic mass is 10.3. The highest BCUT2D eigenvalue weighted by Gasteiger charge is 1.94. The van der Waals surface area contributed by atoms with E-state index >= 15 is 0 Å². The van der Waals surface area contributed by atoms with E-state index in [1.54, 1.807) is 60.7 Å². The summed E-state index contributed by atoms with van der Waals surface area (Å²) in [5, 5.41) is 18.6. The Balaban J connectivity index is 0.000000364. The minimum atomic E-state index is -0.588. The third-order valence-corrected chi connectivity index (χ3v) is 1.99. The number of hydrogen-bond acceptors (Lipinski definition) is 4. The van der Waals surface area contributed by atoms with Gasteiger partial charge in [-0.2, -0.15) is 0 Å². The first-order valence-electron chi connectivity index (χ1n) is 5.50. The van der Waals surface area contributed by atoms with Crippen LogP contribution in [0.4, 0.5) is 11.4 Å². The molecule has 0 radical (unpaired) electrons. The van der Waals surface area contributed by atoms with Crippen molar-refractivity contribution in [3.05, 3.63) is 80.9 Å². The molecule has 21 heavy (non-hydrogen) atoms. The van der Waals surface area contributed by atoms with Crippen molar-refractivity contribution in [2.24, 2.45) is 0 Å². The highest BCUT2D eigenvalue weighted by molar-refractivity contribution is 5.40. The number of rotatable bonds is 4. The number of anilines is 2. The second kappa shape index (κ2) is 9.69. The summed E-state index contributed by atoms with van der Waals surface area (Å²) in [6.45, 7) is 0. The summed E-state index contributed by atoms with van der Waals surface area (Å²) in [6.07, 6.45) is 0. The van der Waals surface area contributed by atoms with Crippen molar-refractivity contribution in [2.45, 2.75) is 0 Å². The first-order valence-corrected chi connectivity index (χ1v) is 5.50. The van der Waals surface area contributed by atoms with Gasteiger partial charge in [-0.3, -0.25) is 0 Å². The molecule has 0 aliphatic rings. The first kappa shape index (κ1) is 17.8. The molecule has 0 unspecified atom stereocenters. The van der Waals surface area contributed by atoms with E-state index in [0.29, 0.717) is 11.4 Å². The molecule has 0 aromatic heterocycles. The molecule has 0 saturated carbocycles. The van der Waals surface area contributed by atoms with Crippen LogP contribution in [-0.2, 0) is 0 Å². The van der Waals surface area contributed by atoms with Crippen LogP contribution in [-0.4, -0.2) is 15.5 Å². The Morgan fingerprint density at radius 2 is 0.952 bits per heavy atom. The minimum absolute atomic E-state index is 0. The highest BCUT2D eigenvalue weighted by atomic mass is 16.7. The third-order valence-electron chi connectivity index (χ3n) is 1.99. The number of nitro groups is 2. The molecule has 2 aromatic carbocycles. The van der Waals surface area contributed by atoms with E-state index in [1.807, 2.05) is 10.9 Å². The fourth-order valence-electron chi connectivity index (χ4n) is 1.24. The van der Waals surface area contributed by atoms with Crippen LogP contribution >= 0.6 is 0 Å². The molecule has 0 saturated heterocycles. The summed E-state index contributed by atoms with van der Waals surface area (Å²) < 4.78 is 0. The van der Waals surface area contributed by atoms with Gasteiger partial charge in [0, 0.05) is 0 Å². The zero-order valence-corrected chi connectivity index (χ0v) is 10.8. The van der Waals surface area contributed by atoms with Gasteiger partial charge in [0.1, 0.15) is 11.4 Å². The first-order chi connectivity index (χ1) is 9.58. The molecule has 0 aliphatic carbocycles. The average molecular weight is 294 g/mol. The van der Waals surface area contributed by atoms with E-state index in [-0.39, 0.29) is 5.48 Å². The molecule has 0 atom stereocenters. The summed E-state index contributed by atoms with van der Waals surface area (Å²) in [6, 6.07) is 17.0. The lowest BCUT2D eigenvalue weighted by molar-refractivity contribution is -0.445. The van der Waals surface area contributed by atoms with Crippen LogP contribution in [0.1, 0.15) is 0 Å². The molecule has 4 N–H and O–H groups in total. The Kier molecular flexibility index (Phi) is 8.22. The predicted molar refractivity (Wildman–Crippen MR) is 77.7 cm³/mol. The quantitative estimate of drug-likeness (QED) is 0.649. The summed E-state index contributed by atoms with van der Waals surface area (Å²) in [7, 11) is 0. The van der Waals surface area contributed by atoms with E-state index in [2.05, 4.69) is 0 Å². The Bertz CT molecular complexity index is 499.